The number of rotatable bonds is 11. The first-order chi connectivity index (χ1) is 10.6. The van der Waals surface area contributed by atoms with Crippen LogP contribution >= 0.6 is 11.3 Å². The molecule has 0 aliphatic heterocycles. The minimum Gasteiger partial charge on any atom is -0.434 e. The second kappa shape index (κ2) is 11.5. The normalized spacial score (nSPS) is 10.7. The van der Waals surface area contributed by atoms with Crippen molar-refractivity contribution in [2.75, 3.05) is 13.2 Å². The molecule has 126 valence electrons. The Morgan fingerprint density at radius 3 is 2.27 bits per heavy atom. The van der Waals surface area contributed by atoms with E-state index < -0.39 is 6.16 Å². The van der Waals surface area contributed by atoms with Crippen LogP contribution in [0.25, 0.3) is 0 Å². The van der Waals surface area contributed by atoms with Crippen molar-refractivity contribution in [2.24, 2.45) is 0 Å². The Morgan fingerprint density at radius 2 is 1.64 bits per heavy atom. The molecule has 0 saturated heterocycles. The average Bonchev–Trinajstić information content (AvgIpc) is 2.80. The predicted molar refractivity (Wildman–Crippen MR) is 92.8 cm³/mol. The van der Waals surface area contributed by atoms with Gasteiger partial charge < -0.3 is 9.47 Å². The van der Waals surface area contributed by atoms with Gasteiger partial charge >= 0.3 is 6.16 Å². The average molecular weight is 327 g/mol. The Balaban J connectivity index is 1.96. The zero-order valence-corrected chi connectivity index (χ0v) is 15.1. The molecule has 1 aromatic rings. The van der Waals surface area contributed by atoms with Crippen LogP contribution in [0.5, 0.6) is 0 Å². The number of carbonyl (C=O) groups is 1. The van der Waals surface area contributed by atoms with Gasteiger partial charge in [-0.1, -0.05) is 45.4 Å². The molecule has 0 N–H and O–H groups in total. The quantitative estimate of drug-likeness (QED) is 0.380. The molecule has 0 radical (unpaired) electrons. The van der Waals surface area contributed by atoms with Crippen molar-refractivity contribution in [3.63, 3.8) is 0 Å². The van der Waals surface area contributed by atoms with E-state index in [2.05, 4.69) is 26.8 Å². The van der Waals surface area contributed by atoms with Gasteiger partial charge in [-0.15, -0.1) is 11.3 Å². The van der Waals surface area contributed by atoms with E-state index in [-0.39, 0.29) is 0 Å². The van der Waals surface area contributed by atoms with Crippen LogP contribution < -0.4 is 0 Å². The van der Waals surface area contributed by atoms with Crippen molar-refractivity contribution in [3.05, 3.63) is 21.4 Å². The minimum absolute atomic E-state index is 0.396. The van der Waals surface area contributed by atoms with Gasteiger partial charge in [-0.3, -0.25) is 0 Å². The highest BCUT2D eigenvalue weighted by Crippen LogP contribution is 2.20. The van der Waals surface area contributed by atoms with Crippen molar-refractivity contribution in [2.45, 2.75) is 72.1 Å². The molecule has 0 spiro atoms. The van der Waals surface area contributed by atoms with Crippen LogP contribution in [0.2, 0.25) is 0 Å². The molecule has 0 unspecified atom stereocenters. The zero-order chi connectivity index (χ0) is 16.2. The van der Waals surface area contributed by atoms with E-state index in [9.17, 15) is 4.79 Å². The molecule has 1 rings (SSSR count). The summed E-state index contributed by atoms with van der Waals surface area (Å²) in [4.78, 5) is 14.1. The lowest BCUT2D eigenvalue weighted by Gasteiger charge is -2.06. The summed E-state index contributed by atoms with van der Waals surface area (Å²) in [5.74, 6) is 0. The molecular formula is C18H30O3S. The first kappa shape index (κ1) is 19.0. The molecule has 0 aliphatic rings. The minimum atomic E-state index is -0.532. The van der Waals surface area contributed by atoms with E-state index in [1.165, 1.54) is 47.4 Å². The molecule has 22 heavy (non-hydrogen) atoms. The van der Waals surface area contributed by atoms with Gasteiger partial charge in [-0.05, 0) is 31.9 Å². The molecule has 1 heterocycles. The monoisotopic (exact) mass is 326 g/mol. The number of hydrogen-bond donors (Lipinski definition) is 0. The maximum absolute atomic E-state index is 11.5. The van der Waals surface area contributed by atoms with Crippen LogP contribution in [0.3, 0.4) is 0 Å². The van der Waals surface area contributed by atoms with Crippen LogP contribution in [0.1, 0.15) is 67.2 Å². The Bertz CT molecular complexity index is 426. The molecule has 0 atom stereocenters. The molecule has 4 heteroatoms. The van der Waals surface area contributed by atoms with Gasteiger partial charge in [-0.25, -0.2) is 4.79 Å². The molecule has 0 saturated carbocycles. The summed E-state index contributed by atoms with van der Waals surface area (Å²) >= 11 is 1.78. The largest absolute Gasteiger partial charge is 0.508 e. The van der Waals surface area contributed by atoms with Gasteiger partial charge in [0.25, 0.3) is 0 Å². The molecule has 0 aliphatic carbocycles. The fourth-order valence-corrected chi connectivity index (χ4v) is 3.41. The predicted octanol–water partition coefficient (Wildman–Crippen LogP) is 5.81. The Hall–Kier alpha value is -1.03. The summed E-state index contributed by atoms with van der Waals surface area (Å²) in [5.41, 5.74) is 1.27. The lowest BCUT2D eigenvalue weighted by Crippen LogP contribution is -2.10. The topological polar surface area (TPSA) is 35.5 Å². The van der Waals surface area contributed by atoms with Gasteiger partial charge in [0, 0.05) is 16.2 Å². The van der Waals surface area contributed by atoms with Crippen LogP contribution in [0.4, 0.5) is 4.79 Å². The number of carbonyl (C=O) groups excluding carboxylic acids is 1. The van der Waals surface area contributed by atoms with E-state index in [0.29, 0.717) is 13.2 Å². The lowest BCUT2D eigenvalue weighted by molar-refractivity contribution is 0.0548. The number of aryl methyl sites for hydroxylation is 2. The van der Waals surface area contributed by atoms with Crippen LogP contribution in [0, 0.1) is 13.8 Å². The van der Waals surface area contributed by atoms with Crippen molar-refractivity contribution in [1.82, 2.24) is 0 Å². The zero-order valence-electron chi connectivity index (χ0n) is 14.3. The number of hydrogen-bond acceptors (Lipinski definition) is 4. The van der Waals surface area contributed by atoms with Gasteiger partial charge in [0.15, 0.2) is 0 Å². The first-order valence-corrected chi connectivity index (χ1v) is 9.30. The standard InChI is InChI=1S/C18H30O3S/c1-4-5-6-7-8-9-10-12-20-18(19)21-13-11-17-14-15(2)22-16(17)3/h14H,4-13H2,1-3H3. The summed E-state index contributed by atoms with van der Waals surface area (Å²) in [7, 11) is 0. The molecular weight excluding hydrogens is 296 g/mol. The fraction of sp³-hybridized carbons (Fsp3) is 0.722. The Labute approximate surface area is 139 Å². The van der Waals surface area contributed by atoms with E-state index in [1.807, 2.05) is 0 Å². The Kier molecular flexibility index (Phi) is 9.96. The summed E-state index contributed by atoms with van der Waals surface area (Å²) < 4.78 is 10.2. The van der Waals surface area contributed by atoms with Gasteiger partial charge in [0.1, 0.15) is 0 Å². The van der Waals surface area contributed by atoms with Gasteiger partial charge in [0.2, 0.25) is 0 Å². The van der Waals surface area contributed by atoms with E-state index >= 15 is 0 Å². The van der Waals surface area contributed by atoms with E-state index in [0.717, 1.165) is 19.3 Å². The van der Waals surface area contributed by atoms with Crippen LogP contribution in [0.15, 0.2) is 6.07 Å². The third kappa shape index (κ3) is 8.42. The molecule has 0 bridgehead atoms. The molecule has 0 fully saturated rings. The highest BCUT2D eigenvalue weighted by atomic mass is 32.1. The molecule has 0 amide bonds. The maximum Gasteiger partial charge on any atom is 0.508 e. The fourth-order valence-electron chi connectivity index (χ4n) is 2.43. The second-order valence-corrected chi connectivity index (χ2v) is 7.22. The number of ether oxygens (including phenoxy) is 2. The highest BCUT2D eigenvalue weighted by Gasteiger charge is 2.06. The van der Waals surface area contributed by atoms with Crippen LogP contribution in [-0.4, -0.2) is 19.4 Å². The lowest BCUT2D eigenvalue weighted by atomic mass is 10.1. The summed E-state index contributed by atoms with van der Waals surface area (Å²) in [6.45, 7) is 7.29. The maximum atomic E-state index is 11.5. The summed E-state index contributed by atoms with van der Waals surface area (Å²) in [6.07, 6.45) is 8.74. The molecule has 0 aromatic carbocycles. The highest BCUT2D eigenvalue weighted by molar-refractivity contribution is 7.12. The summed E-state index contributed by atoms with van der Waals surface area (Å²) in [5, 5.41) is 0. The van der Waals surface area contributed by atoms with E-state index in [4.69, 9.17) is 9.47 Å². The first-order valence-electron chi connectivity index (χ1n) is 8.49. The molecule has 1 aromatic heterocycles. The van der Waals surface area contributed by atoms with E-state index in [1.54, 1.807) is 11.3 Å². The molecule has 3 nitrogen and oxygen atoms in total. The second-order valence-electron chi connectivity index (χ2n) is 5.76. The third-order valence-corrected chi connectivity index (χ3v) is 4.71. The smallest absolute Gasteiger partial charge is 0.434 e. The Morgan fingerprint density at radius 1 is 1.00 bits per heavy atom. The van der Waals surface area contributed by atoms with Crippen LogP contribution in [-0.2, 0) is 15.9 Å². The SMILES string of the molecule is CCCCCCCCCOC(=O)OCCc1cc(C)sc1C. The summed E-state index contributed by atoms with van der Waals surface area (Å²) in [6, 6.07) is 2.16. The van der Waals surface area contributed by atoms with Gasteiger partial charge in [0.05, 0.1) is 13.2 Å². The third-order valence-electron chi connectivity index (χ3n) is 3.70. The van der Waals surface area contributed by atoms with Crippen molar-refractivity contribution >= 4 is 17.5 Å². The number of unbranched alkanes of at least 4 members (excludes halogenated alkanes) is 6. The van der Waals surface area contributed by atoms with Crippen molar-refractivity contribution in [3.8, 4) is 0 Å². The van der Waals surface area contributed by atoms with Crippen molar-refractivity contribution < 1.29 is 14.3 Å². The number of thiophene rings is 1. The van der Waals surface area contributed by atoms with Crippen molar-refractivity contribution in [1.29, 1.82) is 0 Å². The van der Waals surface area contributed by atoms with Gasteiger partial charge in [-0.2, -0.15) is 0 Å².